The van der Waals surface area contributed by atoms with Crippen LogP contribution in [0.2, 0.25) is 0 Å². The Bertz CT molecular complexity index is 646. The van der Waals surface area contributed by atoms with Crippen molar-refractivity contribution in [3.8, 4) is 11.3 Å². The van der Waals surface area contributed by atoms with Crippen LogP contribution in [0, 0.1) is 10.7 Å². The van der Waals surface area contributed by atoms with Crippen molar-refractivity contribution >= 4 is 28.7 Å². The Kier molecular flexibility index (Phi) is 4.10. The summed E-state index contributed by atoms with van der Waals surface area (Å²) >= 11 is 6.97. The maximum absolute atomic E-state index is 5.40. The molecule has 5 heteroatoms. The van der Waals surface area contributed by atoms with E-state index in [9.17, 15) is 0 Å². The highest BCUT2D eigenvalue weighted by Crippen LogP contribution is 2.26. The van der Waals surface area contributed by atoms with Gasteiger partial charge in [-0.3, -0.25) is 0 Å². The van der Waals surface area contributed by atoms with Crippen LogP contribution in [0.15, 0.2) is 30.3 Å². The van der Waals surface area contributed by atoms with E-state index in [0.717, 1.165) is 46.5 Å². The van der Waals surface area contributed by atoms with Gasteiger partial charge >= 0.3 is 0 Å². The van der Waals surface area contributed by atoms with Gasteiger partial charge < -0.3 is 9.64 Å². The second kappa shape index (κ2) is 5.99. The van der Waals surface area contributed by atoms with E-state index in [1.165, 1.54) is 5.56 Å². The fourth-order valence-corrected chi connectivity index (χ4v) is 3.29. The van der Waals surface area contributed by atoms with Crippen LogP contribution in [-0.4, -0.2) is 31.3 Å². The highest BCUT2D eigenvalue weighted by atomic mass is 32.1. The van der Waals surface area contributed by atoms with Gasteiger partial charge in [0.1, 0.15) is 0 Å². The van der Waals surface area contributed by atoms with Crippen LogP contribution in [0.3, 0.4) is 0 Å². The zero-order valence-electron chi connectivity index (χ0n) is 11.3. The lowest BCUT2D eigenvalue weighted by Crippen LogP contribution is -2.36. The number of aryl methyl sites for hydroxylation is 1. The smallest absolute Gasteiger partial charge is 0.187 e. The topological polar surface area (TPSA) is 25.4 Å². The number of benzene rings is 1. The Morgan fingerprint density at radius 3 is 2.60 bits per heavy atom. The molecule has 0 atom stereocenters. The maximum atomic E-state index is 5.40. The Morgan fingerprint density at radius 2 is 1.90 bits per heavy atom. The van der Waals surface area contributed by atoms with Gasteiger partial charge in [-0.15, -0.1) is 0 Å². The predicted octanol–water partition coefficient (Wildman–Crippen LogP) is 3.68. The molecule has 20 heavy (non-hydrogen) atoms. The Morgan fingerprint density at radius 1 is 1.20 bits per heavy atom. The summed E-state index contributed by atoms with van der Waals surface area (Å²) in [6.07, 6.45) is 0. The molecule has 1 aliphatic rings. The van der Waals surface area contributed by atoms with E-state index in [2.05, 4.69) is 36.1 Å². The first-order valence-electron chi connectivity index (χ1n) is 6.64. The molecule has 1 aliphatic heterocycles. The summed E-state index contributed by atoms with van der Waals surface area (Å²) in [5.74, 6) is 0. The predicted molar refractivity (Wildman–Crippen MR) is 86.2 cm³/mol. The summed E-state index contributed by atoms with van der Waals surface area (Å²) in [6, 6.07) is 10.4. The van der Waals surface area contributed by atoms with Crippen LogP contribution in [0.25, 0.3) is 11.3 Å². The summed E-state index contributed by atoms with van der Waals surface area (Å²) < 4.78 is 6.26. The Labute approximate surface area is 127 Å². The molecule has 0 bridgehead atoms. The van der Waals surface area contributed by atoms with Crippen LogP contribution in [0.4, 0.5) is 5.13 Å². The monoisotopic (exact) mass is 304 g/mol. The first-order valence-corrected chi connectivity index (χ1v) is 7.87. The Balaban J connectivity index is 1.97. The molecule has 0 aliphatic carbocycles. The van der Waals surface area contributed by atoms with Gasteiger partial charge in [-0.05, 0) is 13.0 Å². The van der Waals surface area contributed by atoms with Crippen molar-refractivity contribution in [3.63, 3.8) is 0 Å². The highest BCUT2D eigenvalue weighted by molar-refractivity contribution is 7.73. The van der Waals surface area contributed by atoms with E-state index in [1.54, 1.807) is 11.3 Å². The molecule has 1 aromatic carbocycles. The van der Waals surface area contributed by atoms with E-state index in [1.807, 2.05) is 6.07 Å². The molecule has 3 rings (SSSR count). The number of anilines is 1. The second-order valence-electron chi connectivity index (χ2n) is 4.81. The molecule has 0 spiro atoms. The SMILES string of the molecule is Cc1ccc(-c2cc(=S)sc(N3CCOCC3)n2)cc1. The van der Waals surface area contributed by atoms with Crippen molar-refractivity contribution in [1.29, 1.82) is 0 Å². The molecule has 2 heterocycles. The molecule has 0 saturated carbocycles. The minimum Gasteiger partial charge on any atom is -0.378 e. The molecule has 1 aromatic heterocycles. The number of nitrogens with zero attached hydrogens (tertiary/aromatic N) is 2. The van der Waals surface area contributed by atoms with Crippen molar-refractivity contribution in [1.82, 2.24) is 4.98 Å². The number of morpholine rings is 1. The zero-order valence-corrected chi connectivity index (χ0v) is 13.0. The summed E-state index contributed by atoms with van der Waals surface area (Å²) in [6.45, 7) is 5.37. The number of hydrogen-bond acceptors (Lipinski definition) is 5. The molecule has 0 N–H and O–H groups in total. The molecule has 0 unspecified atom stereocenters. The van der Waals surface area contributed by atoms with E-state index < -0.39 is 0 Å². The third kappa shape index (κ3) is 3.06. The van der Waals surface area contributed by atoms with Crippen molar-refractivity contribution in [2.24, 2.45) is 0 Å². The van der Waals surface area contributed by atoms with Crippen LogP contribution >= 0.6 is 23.6 Å². The van der Waals surface area contributed by atoms with E-state index >= 15 is 0 Å². The minimum atomic E-state index is 0.760. The van der Waals surface area contributed by atoms with Gasteiger partial charge in [0, 0.05) is 18.7 Å². The first-order chi connectivity index (χ1) is 9.72. The molecule has 104 valence electrons. The van der Waals surface area contributed by atoms with Gasteiger partial charge in [-0.1, -0.05) is 53.4 Å². The van der Waals surface area contributed by atoms with Gasteiger partial charge in [0.15, 0.2) is 5.13 Å². The number of rotatable bonds is 2. The van der Waals surface area contributed by atoms with E-state index in [4.69, 9.17) is 21.9 Å². The summed E-state index contributed by atoms with van der Waals surface area (Å²) in [5.41, 5.74) is 3.32. The van der Waals surface area contributed by atoms with Crippen molar-refractivity contribution < 1.29 is 4.74 Å². The fraction of sp³-hybridized carbons (Fsp3) is 0.333. The fourth-order valence-electron chi connectivity index (χ4n) is 2.15. The van der Waals surface area contributed by atoms with Crippen LogP contribution in [0.5, 0.6) is 0 Å². The average molecular weight is 304 g/mol. The molecule has 2 aromatic rings. The van der Waals surface area contributed by atoms with Gasteiger partial charge in [-0.25, -0.2) is 4.98 Å². The van der Waals surface area contributed by atoms with E-state index in [-0.39, 0.29) is 0 Å². The van der Waals surface area contributed by atoms with Crippen molar-refractivity contribution in [3.05, 3.63) is 39.7 Å². The largest absolute Gasteiger partial charge is 0.378 e. The standard InChI is InChI=1S/C15H16N2OS2/c1-11-2-4-12(5-3-11)13-10-14(19)20-15(16-13)17-6-8-18-9-7-17/h2-5,10H,6-9H2,1H3. The van der Waals surface area contributed by atoms with Gasteiger partial charge in [0.05, 0.1) is 22.7 Å². The first kappa shape index (κ1) is 13.7. The lowest BCUT2D eigenvalue weighted by molar-refractivity contribution is 0.122. The van der Waals surface area contributed by atoms with Crippen molar-refractivity contribution in [2.45, 2.75) is 6.92 Å². The Hall–Kier alpha value is -1.30. The quantitative estimate of drug-likeness (QED) is 0.790. The number of ether oxygens (including phenoxy) is 1. The molecule has 0 amide bonds. The number of hydrogen-bond donors (Lipinski definition) is 0. The van der Waals surface area contributed by atoms with Gasteiger partial charge in [0.25, 0.3) is 0 Å². The summed E-state index contributed by atoms with van der Waals surface area (Å²) in [4.78, 5) is 7.03. The van der Waals surface area contributed by atoms with Crippen LogP contribution in [-0.2, 0) is 4.74 Å². The second-order valence-corrected chi connectivity index (χ2v) is 6.52. The molecule has 1 saturated heterocycles. The third-order valence-electron chi connectivity index (χ3n) is 3.29. The van der Waals surface area contributed by atoms with Gasteiger partial charge in [0.2, 0.25) is 0 Å². The summed E-state index contributed by atoms with van der Waals surface area (Å²) in [7, 11) is 0. The molecular weight excluding hydrogens is 288 g/mol. The maximum Gasteiger partial charge on any atom is 0.187 e. The third-order valence-corrected chi connectivity index (χ3v) is 4.51. The highest BCUT2D eigenvalue weighted by Gasteiger charge is 2.14. The van der Waals surface area contributed by atoms with Crippen LogP contribution in [0.1, 0.15) is 5.56 Å². The summed E-state index contributed by atoms with van der Waals surface area (Å²) in [5, 5.41) is 0.997. The molecule has 1 fully saturated rings. The number of aromatic nitrogens is 1. The lowest BCUT2D eigenvalue weighted by Gasteiger charge is -2.27. The normalized spacial score (nSPS) is 15.3. The van der Waals surface area contributed by atoms with Crippen molar-refractivity contribution in [2.75, 3.05) is 31.2 Å². The zero-order chi connectivity index (χ0) is 13.9. The minimum absolute atomic E-state index is 0.760. The molecule has 3 nitrogen and oxygen atoms in total. The average Bonchev–Trinajstić information content (AvgIpc) is 2.48. The van der Waals surface area contributed by atoms with E-state index in [0.29, 0.717) is 0 Å². The molecular formula is C15H16N2OS2. The molecule has 0 radical (unpaired) electrons. The van der Waals surface area contributed by atoms with Gasteiger partial charge in [-0.2, -0.15) is 0 Å². The lowest BCUT2D eigenvalue weighted by atomic mass is 10.1. The van der Waals surface area contributed by atoms with Crippen LogP contribution < -0.4 is 4.90 Å².